The number of sulfonamides is 1. The van der Waals surface area contributed by atoms with E-state index in [-0.39, 0.29) is 16.1 Å². The lowest BCUT2D eigenvalue weighted by Crippen LogP contribution is -2.14. The van der Waals surface area contributed by atoms with Gasteiger partial charge in [-0.1, -0.05) is 23.5 Å². The molecule has 0 unspecified atom stereocenters. The Morgan fingerprint density at radius 3 is 2.50 bits per heavy atom. The number of carbonyl (C=O) groups is 1. The van der Waals surface area contributed by atoms with Crippen LogP contribution in [0.5, 0.6) is 0 Å². The van der Waals surface area contributed by atoms with Gasteiger partial charge in [0.05, 0.1) is 15.1 Å². The molecule has 1 heterocycles. The first-order valence-corrected chi connectivity index (χ1v) is 12.0. The summed E-state index contributed by atoms with van der Waals surface area (Å²) in [5.41, 5.74) is 3.70. The van der Waals surface area contributed by atoms with Crippen LogP contribution in [0.1, 0.15) is 21.5 Å². The van der Waals surface area contributed by atoms with Gasteiger partial charge in [0.1, 0.15) is 5.82 Å². The van der Waals surface area contributed by atoms with Crippen LogP contribution in [0.25, 0.3) is 10.2 Å². The Bertz CT molecular complexity index is 1520. The quantitative estimate of drug-likeness (QED) is 0.477. The second-order valence-electron chi connectivity index (χ2n) is 7.43. The Kier molecular flexibility index (Phi) is 5.70. The fourth-order valence-electron chi connectivity index (χ4n) is 3.37. The van der Waals surface area contributed by atoms with E-state index in [4.69, 9.17) is 0 Å². The Balaban J connectivity index is 1.66. The molecule has 9 heteroatoms. The number of fused-ring (bicyclic) bond motifs is 1. The van der Waals surface area contributed by atoms with Crippen molar-refractivity contribution in [2.75, 3.05) is 4.72 Å². The van der Waals surface area contributed by atoms with Crippen molar-refractivity contribution in [2.45, 2.75) is 18.7 Å². The molecule has 0 aliphatic carbocycles. The number of carbonyl (C=O) groups excluding carboxylic acids is 1. The minimum absolute atomic E-state index is 0.0803. The van der Waals surface area contributed by atoms with Crippen LogP contribution in [-0.2, 0) is 17.1 Å². The number of hydrogen-bond acceptors (Lipinski definition) is 4. The molecule has 164 valence electrons. The number of halogens is 1. The number of nitrogens with one attached hydrogen (secondary N) is 1. The Hall–Kier alpha value is -3.30. The molecular formula is C23H20FN3O3S2. The SMILES string of the molecule is Cc1cc(C)c2sc(=NC(=O)c3cccc(NS(=O)(=O)c4ccc(F)cc4)c3)n(C)c2c1. The maximum Gasteiger partial charge on any atom is 0.279 e. The molecule has 1 N–H and O–H groups in total. The van der Waals surface area contributed by atoms with Gasteiger partial charge in [-0.15, -0.1) is 0 Å². The van der Waals surface area contributed by atoms with Gasteiger partial charge in [-0.3, -0.25) is 9.52 Å². The topological polar surface area (TPSA) is 80.5 Å². The highest BCUT2D eigenvalue weighted by atomic mass is 32.2. The third kappa shape index (κ3) is 4.35. The van der Waals surface area contributed by atoms with Crippen LogP contribution >= 0.6 is 11.3 Å². The van der Waals surface area contributed by atoms with Crippen molar-refractivity contribution in [3.05, 3.63) is 88.0 Å². The monoisotopic (exact) mass is 469 g/mol. The van der Waals surface area contributed by atoms with Crippen molar-refractivity contribution in [1.82, 2.24) is 4.57 Å². The Morgan fingerprint density at radius 1 is 1.06 bits per heavy atom. The average molecular weight is 470 g/mol. The summed E-state index contributed by atoms with van der Waals surface area (Å²) in [6.07, 6.45) is 0. The molecule has 1 amide bonds. The molecule has 1 aromatic heterocycles. The zero-order valence-electron chi connectivity index (χ0n) is 17.6. The van der Waals surface area contributed by atoms with Gasteiger partial charge < -0.3 is 4.57 Å². The van der Waals surface area contributed by atoms with Crippen LogP contribution in [0.15, 0.2) is 70.6 Å². The first-order chi connectivity index (χ1) is 15.1. The first-order valence-electron chi connectivity index (χ1n) is 9.68. The number of rotatable bonds is 4. The van der Waals surface area contributed by atoms with Crippen molar-refractivity contribution in [3.8, 4) is 0 Å². The fourth-order valence-corrected chi connectivity index (χ4v) is 5.49. The molecule has 0 aliphatic heterocycles. The summed E-state index contributed by atoms with van der Waals surface area (Å²) in [6, 6.07) is 14.7. The third-order valence-electron chi connectivity index (χ3n) is 4.92. The molecule has 3 aromatic carbocycles. The average Bonchev–Trinajstić information content (AvgIpc) is 3.04. The summed E-state index contributed by atoms with van der Waals surface area (Å²) in [7, 11) is -2.07. The molecule has 0 fully saturated rings. The van der Waals surface area contributed by atoms with E-state index in [0.29, 0.717) is 4.80 Å². The number of nitrogens with zero attached hydrogens (tertiary/aromatic N) is 2. The van der Waals surface area contributed by atoms with Crippen molar-refractivity contribution in [1.29, 1.82) is 0 Å². The second kappa shape index (κ2) is 8.33. The molecule has 0 saturated carbocycles. The molecule has 0 spiro atoms. The van der Waals surface area contributed by atoms with E-state index in [1.165, 1.54) is 35.6 Å². The number of benzene rings is 3. The summed E-state index contributed by atoms with van der Waals surface area (Å²) in [4.78, 5) is 17.6. The van der Waals surface area contributed by atoms with Crippen molar-refractivity contribution in [3.63, 3.8) is 0 Å². The molecule has 4 aromatic rings. The lowest BCUT2D eigenvalue weighted by atomic mass is 10.1. The second-order valence-corrected chi connectivity index (χ2v) is 10.1. The first kappa shape index (κ1) is 21.9. The van der Waals surface area contributed by atoms with Crippen molar-refractivity contribution >= 4 is 43.2 Å². The van der Waals surface area contributed by atoms with Crippen molar-refractivity contribution in [2.24, 2.45) is 12.0 Å². The van der Waals surface area contributed by atoms with E-state index in [9.17, 15) is 17.6 Å². The zero-order valence-corrected chi connectivity index (χ0v) is 19.2. The maximum atomic E-state index is 13.1. The van der Waals surface area contributed by atoms with Gasteiger partial charge in [0, 0.05) is 18.3 Å². The zero-order chi connectivity index (χ0) is 23.0. The van der Waals surface area contributed by atoms with Gasteiger partial charge in [-0.2, -0.15) is 4.99 Å². The lowest BCUT2D eigenvalue weighted by Gasteiger charge is -2.08. The van der Waals surface area contributed by atoms with Gasteiger partial charge in [0.2, 0.25) is 0 Å². The minimum Gasteiger partial charge on any atom is -0.319 e. The molecule has 0 radical (unpaired) electrons. The van der Waals surface area contributed by atoms with Crippen LogP contribution in [-0.4, -0.2) is 18.9 Å². The fraction of sp³-hybridized carbons (Fsp3) is 0.130. The highest BCUT2D eigenvalue weighted by Gasteiger charge is 2.15. The minimum atomic E-state index is -3.92. The van der Waals surface area contributed by atoms with E-state index in [0.717, 1.165) is 33.5 Å². The molecule has 6 nitrogen and oxygen atoms in total. The summed E-state index contributed by atoms with van der Waals surface area (Å²) in [5, 5.41) is 0. The normalized spacial score (nSPS) is 12.3. The number of hydrogen-bond donors (Lipinski definition) is 1. The largest absolute Gasteiger partial charge is 0.319 e. The van der Waals surface area contributed by atoms with Crippen LogP contribution in [0.4, 0.5) is 10.1 Å². The van der Waals surface area contributed by atoms with Gasteiger partial charge in [-0.05, 0) is 73.5 Å². The number of aromatic nitrogens is 1. The van der Waals surface area contributed by atoms with E-state index in [1.54, 1.807) is 12.1 Å². The Labute approximate surface area is 188 Å². The number of amides is 1. The molecular weight excluding hydrogens is 449 g/mol. The summed E-state index contributed by atoms with van der Waals surface area (Å²) in [6.45, 7) is 4.04. The predicted octanol–water partition coefficient (Wildman–Crippen LogP) is 4.54. The van der Waals surface area contributed by atoms with Gasteiger partial charge in [0.25, 0.3) is 15.9 Å². The van der Waals surface area contributed by atoms with E-state index in [2.05, 4.69) is 15.8 Å². The summed E-state index contributed by atoms with van der Waals surface area (Å²) < 4.78 is 43.5. The van der Waals surface area contributed by atoms with Gasteiger partial charge in [-0.25, -0.2) is 12.8 Å². The highest BCUT2D eigenvalue weighted by Crippen LogP contribution is 2.23. The highest BCUT2D eigenvalue weighted by molar-refractivity contribution is 7.92. The molecule has 0 atom stereocenters. The van der Waals surface area contributed by atoms with Gasteiger partial charge >= 0.3 is 0 Å². The number of thiazole rings is 1. The third-order valence-corrected chi connectivity index (χ3v) is 7.60. The van der Waals surface area contributed by atoms with E-state index >= 15 is 0 Å². The van der Waals surface area contributed by atoms with Gasteiger partial charge in [0.15, 0.2) is 4.80 Å². The molecule has 32 heavy (non-hydrogen) atoms. The molecule has 0 aliphatic rings. The smallest absolute Gasteiger partial charge is 0.279 e. The van der Waals surface area contributed by atoms with E-state index < -0.39 is 21.7 Å². The number of aryl methyl sites for hydroxylation is 3. The van der Waals surface area contributed by atoms with Crippen molar-refractivity contribution < 1.29 is 17.6 Å². The standard InChI is InChI=1S/C23H20FN3O3S2/c1-14-11-15(2)21-20(12-14)27(3)23(31-21)25-22(28)16-5-4-6-18(13-16)26-32(29,30)19-9-7-17(24)8-10-19/h4-13,26H,1-3H3. The Morgan fingerprint density at radius 2 is 1.78 bits per heavy atom. The van der Waals surface area contributed by atoms with Crippen LogP contribution in [0.2, 0.25) is 0 Å². The molecule has 4 rings (SSSR count). The molecule has 0 bridgehead atoms. The van der Waals surface area contributed by atoms with Crippen LogP contribution in [0.3, 0.4) is 0 Å². The summed E-state index contributed by atoms with van der Waals surface area (Å²) in [5.74, 6) is -1.01. The van der Waals surface area contributed by atoms with Crippen LogP contribution < -0.4 is 9.52 Å². The molecule has 0 saturated heterocycles. The lowest BCUT2D eigenvalue weighted by molar-refractivity contribution is 0.0998. The summed E-state index contributed by atoms with van der Waals surface area (Å²) >= 11 is 1.43. The predicted molar refractivity (Wildman–Crippen MR) is 124 cm³/mol. The number of anilines is 1. The van der Waals surface area contributed by atoms with E-state index in [1.807, 2.05) is 31.5 Å². The maximum absolute atomic E-state index is 13.1. The van der Waals surface area contributed by atoms with Crippen LogP contribution in [0, 0.1) is 19.7 Å².